The molecule has 0 unspecified atom stereocenters. The molecule has 10 heteroatoms. The number of carbonyl (C=O) groups is 1. The Hall–Kier alpha value is -2.62. The number of pyridine rings is 1. The summed E-state index contributed by atoms with van der Waals surface area (Å²) >= 11 is 12.3. The van der Waals surface area contributed by atoms with E-state index in [9.17, 15) is 4.79 Å². The maximum Gasteiger partial charge on any atom is 0.321 e. The van der Waals surface area contributed by atoms with E-state index in [1.165, 1.54) is 11.3 Å². The van der Waals surface area contributed by atoms with Gasteiger partial charge >= 0.3 is 6.03 Å². The van der Waals surface area contributed by atoms with Gasteiger partial charge in [0.1, 0.15) is 4.99 Å². The highest BCUT2D eigenvalue weighted by Crippen LogP contribution is 2.35. The molecule has 0 saturated heterocycles. The lowest BCUT2D eigenvalue weighted by Gasteiger charge is -2.05. The number of amidine groups is 1. The third-order valence-corrected chi connectivity index (χ3v) is 4.88. The zero-order valence-electron chi connectivity index (χ0n) is 14.2. The van der Waals surface area contributed by atoms with E-state index in [2.05, 4.69) is 25.6 Å². The summed E-state index contributed by atoms with van der Waals surface area (Å²) in [6.07, 6.45) is 1.70. The van der Waals surface area contributed by atoms with Crippen molar-refractivity contribution in [3.63, 3.8) is 0 Å². The first-order chi connectivity index (χ1) is 13.0. The van der Waals surface area contributed by atoms with Crippen molar-refractivity contribution in [1.29, 1.82) is 0 Å². The standard InChI is InChI=1S/C17H15ClN6OS2/c1-2-20-16(25)24-17-22-12-8-9(14(26)23-15(18)19)7-10(13(12)27-17)11-5-3-4-6-21-11/h3-8H,2H2,1H3,(H2,19,23,26)(H2,20,22,24,25). The van der Waals surface area contributed by atoms with Gasteiger partial charge in [0.25, 0.3) is 0 Å². The second-order valence-electron chi connectivity index (χ2n) is 5.33. The van der Waals surface area contributed by atoms with Crippen molar-refractivity contribution in [3.05, 3.63) is 42.1 Å². The summed E-state index contributed by atoms with van der Waals surface area (Å²) in [5, 5.41) is 5.73. The summed E-state index contributed by atoms with van der Waals surface area (Å²) in [6.45, 7) is 2.36. The number of rotatable bonds is 4. The summed E-state index contributed by atoms with van der Waals surface area (Å²) < 4.78 is 0.870. The molecule has 2 amide bonds. The van der Waals surface area contributed by atoms with Gasteiger partial charge in [-0.2, -0.15) is 0 Å². The third-order valence-electron chi connectivity index (χ3n) is 3.44. The average Bonchev–Trinajstić information content (AvgIpc) is 3.03. The van der Waals surface area contributed by atoms with Gasteiger partial charge in [-0.3, -0.25) is 10.3 Å². The smallest absolute Gasteiger partial charge is 0.321 e. The third kappa shape index (κ3) is 4.57. The van der Waals surface area contributed by atoms with Crippen LogP contribution >= 0.6 is 35.2 Å². The minimum Gasteiger partial charge on any atom is -0.374 e. The number of hydrogen-bond acceptors (Lipinski definition) is 5. The second kappa shape index (κ2) is 8.38. The Labute approximate surface area is 169 Å². The fourth-order valence-electron chi connectivity index (χ4n) is 2.39. The van der Waals surface area contributed by atoms with Gasteiger partial charge in [0.05, 0.1) is 15.9 Å². The summed E-state index contributed by atoms with van der Waals surface area (Å²) in [6, 6.07) is 8.95. The molecule has 0 aliphatic carbocycles. The van der Waals surface area contributed by atoms with Crippen LogP contribution in [-0.4, -0.2) is 32.8 Å². The van der Waals surface area contributed by atoms with Crippen LogP contribution < -0.4 is 16.4 Å². The zero-order valence-corrected chi connectivity index (χ0v) is 16.6. The first kappa shape index (κ1) is 19.2. The van der Waals surface area contributed by atoms with Crippen LogP contribution in [0.25, 0.3) is 21.5 Å². The van der Waals surface area contributed by atoms with E-state index >= 15 is 0 Å². The Morgan fingerprint density at radius 1 is 1.41 bits per heavy atom. The minimum absolute atomic E-state index is 0.142. The molecule has 3 aromatic rings. The quantitative estimate of drug-likeness (QED) is 0.259. The van der Waals surface area contributed by atoms with E-state index in [1.807, 2.05) is 31.2 Å². The molecule has 1 aromatic carbocycles. The van der Waals surface area contributed by atoms with Crippen molar-refractivity contribution in [1.82, 2.24) is 15.3 Å². The number of hydrogen-bond donors (Lipinski definition) is 3. The predicted molar refractivity (Wildman–Crippen MR) is 115 cm³/mol. The molecule has 0 fully saturated rings. The Morgan fingerprint density at radius 2 is 2.22 bits per heavy atom. The van der Waals surface area contributed by atoms with Crippen LogP contribution in [0.4, 0.5) is 9.93 Å². The number of nitrogens with one attached hydrogen (secondary N) is 2. The molecule has 0 spiro atoms. The molecule has 0 aliphatic rings. The average molecular weight is 419 g/mol. The highest BCUT2D eigenvalue weighted by molar-refractivity contribution is 7.80. The topological polar surface area (TPSA) is 105 Å². The first-order valence-electron chi connectivity index (χ1n) is 7.92. The van der Waals surface area contributed by atoms with Gasteiger partial charge in [-0.25, -0.2) is 14.8 Å². The van der Waals surface area contributed by atoms with Crippen LogP contribution in [0, 0.1) is 0 Å². The fourth-order valence-corrected chi connectivity index (χ4v) is 3.70. The SMILES string of the molecule is CCNC(=O)Nc1nc2cc(C(=S)N=C(N)Cl)cc(-c3ccccn3)c2s1. The van der Waals surface area contributed by atoms with Gasteiger partial charge in [0.2, 0.25) is 0 Å². The Bertz CT molecular complexity index is 1030. The van der Waals surface area contributed by atoms with Crippen LogP contribution in [0.3, 0.4) is 0 Å². The highest BCUT2D eigenvalue weighted by atomic mass is 35.5. The number of aliphatic imine (C=N–C) groups is 1. The van der Waals surface area contributed by atoms with Gasteiger partial charge in [0, 0.05) is 23.9 Å². The molecule has 3 rings (SSSR count). The minimum atomic E-state index is -0.314. The number of halogens is 1. The number of aromatic nitrogens is 2. The number of benzene rings is 1. The number of anilines is 1. The van der Waals surface area contributed by atoms with Gasteiger partial charge in [-0.15, -0.1) is 0 Å². The Morgan fingerprint density at radius 3 is 2.89 bits per heavy atom. The van der Waals surface area contributed by atoms with E-state index in [0.717, 1.165) is 16.0 Å². The Balaban J connectivity index is 2.13. The number of carbonyl (C=O) groups excluding carboxylic acids is 1. The first-order valence-corrected chi connectivity index (χ1v) is 9.53. The molecule has 2 aromatic heterocycles. The lowest BCUT2D eigenvalue weighted by molar-refractivity contribution is 0.252. The predicted octanol–water partition coefficient (Wildman–Crippen LogP) is 3.73. The van der Waals surface area contributed by atoms with Crippen LogP contribution in [0.5, 0.6) is 0 Å². The normalized spacial score (nSPS) is 11.4. The van der Waals surface area contributed by atoms with Crippen molar-refractivity contribution >= 4 is 66.8 Å². The molecular formula is C17H15ClN6OS2. The van der Waals surface area contributed by atoms with Crippen LogP contribution in [0.1, 0.15) is 12.5 Å². The molecule has 138 valence electrons. The summed E-state index contributed by atoms with van der Waals surface area (Å²) in [5.74, 6) is 0. The number of thiocarbonyl (C=S) groups is 1. The van der Waals surface area contributed by atoms with Crippen LogP contribution in [-0.2, 0) is 0 Å². The number of urea groups is 1. The zero-order chi connectivity index (χ0) is 19.4. The largest absolute Gasteiger partial charge is 0.374 e. The van der Waals surface area contributed by atoms with Crippen molar-refractivity contribution in [3.8, 4) is 11.3 Å². The molecule has 0 saturated carbocycles. The highest BCUT2D eigenvalue weighted by Gasteiger charge is 2.15. The van der Waals surface area contributed by atoms with E-state index < -0.39 is 0 Å². The van der Waals surface area contributed by atoms with Crippen molar-refractivity contribution in [2.24, 2.45) is 10.7 Å². The van der Waals surface area contributed by atoms with Gasteiger partial charge in [0.15, 0.2) is 10.4 Å². The lowest BCUT2D eigenvalue weighted by atomic mass is 10.1. The molecule has 0 atom stereocenters. The molecule has 0 aliphatic heterocycles. The molecule has 0 bridgehead atoms. The monoisotopic (exact) mass is 418 g/mol. The van der Waals surface area contributed by atoms with Gasteiger partial charge in [-0.1, -0.05) is 29.6 Å². The molecular weight excluding hydrogens is 404 g/mol. The molecule has 0 radical (unpaired) electrons. The number of fused-ring (bicyclic) bond motifs is 1. The summed E-state index contributed by atoms with van der Waals surface area (Å²) in [4.78, 5) is 24.9. The van der Waals surface area contributed by atoms with Crippen molar-refractivity contribution in [2.75, 3.05) is 11.9 Å². The second-order valence-corrected chi connectivity index (χ2v) is 7.10. The van der Waals surface area contributed by atoms with Crippen LogP contribution in [0.15, 0.2) is 41.5 Å². The van der Waals surface area contributed by atoms with Gasteiger partial charge in [-0.05, 0) is 42.8 Å². The summed E-state index contributed by atoms with van der Waals surface area (Å²) in [7, 11) is 0. The van der Waals surface area contributed by atoms with Gasteiger partial charge < -0.3 is 11.1 Å². The number of nitrogens with two attached hydrogens (primary N) is 1. The number of nitrogens with zero attached hydrogens (tertiary/aromatic N) is 3. The van der Waals surface area contributed by atoms with Crippen molar-refractivity contribution in [2.45, 2.75) is 6.92 Å². The molecule has 27 heavy (non-hydrogen) atoms. The van der Waals surface area contributed by atoms with E-state index in [4.69, 9.17) is 29.6 Å². The number of thiazole rings is 1. The molecule has 2 heterocycles. The number of amides is 2. The Kier molecular flexibility index (Phi) is 5.94. The van der Waals surface area contributed by atoms with E-state index in [-0.39, 0.29) is 16.3 Å². The molecule has 4 N–H and O–H groups in total. The maximum absolute atomic E-state index is 11.8. The maximum atomic E-state index is 11.8. The lowest BCUT2D eigenvalue weighted by Crippen LogP contribution is -2.28. The van der Waals surface area contributed by atoms with E-state index in [0.29, 0.717) is 22.8 Å². The fraction of sp³-hybridized carbons (Fsp3) is 0.118. The van der Waals surface area contributed by atoms with Crippen molar-refractivity contribution < 1.29 is 4.79 Å². The summed E-state index contributed by atoms with van der Waals surface area (Å²) in [5.41, 5.74) is 8.31. The molecule has 7 nitrogen and oxygen atoms in total. The van der Waals surface area contributed by atoms with E-state index in [1.54, 1.807) is 12.3 Å². The van der Waals surface area contributed by atoms with Crippen LogP contribution in [0.2, 0.25) is 0 Å².